The molecule has 0 bridgehead atoms. The molecule has 4 nitrogen and oxygen atoms in total. The van der Waals surface area contributed by atoms with Crippen LogP contribution in [-0.4, -0.2) is 30.0 Å². The fourth-order valence-electron chi connectivity index (χ4n) is 2.14. The number of rotatable bonds is 5. The number of benzene rings is 1. The van der Waals surface area contributed by atoms with Crippen LogP contribution in [0.15, 0.2) is 18.2 Å². The Morgan fingerprint density at radius 1 is 1.43 bits per heavy atom. The van der Waals surface area contributed by atoms with E-state index in [-0.39, 0.29) is 23.4 Å². The molecule has 1 amide bonds. The molecular weight excluding hydrogens is 285 g/mol. The molecule has 1 aliphatic carbocycles. The average Bonchev–Trinajstić information content (AvgIpc) is 3.21. The Kier molecular flexibility index (Phi) is 4.29. The number of nitrogens with two attached hydrogens (primary N) is 1. The molecule has 116 valence electrons. The van der Waals surface area contributed by atoms with Crippen molar-refractivity contribution in [3.8, 4) is 5.75 Å². The molecule has 0 radical (unpaired) electrons. The maximum atomic E-state index is 12.9. The fraction of sp³-hybridized carbons (Fsp3) is 0.500. The molecule has 1 aromatic rings. The number of carbonyl (C=O) groups is 1. The van der Waals surface area contributed by atoms with Crippen molar-refractivity contribution in [1.82, 2.24) is 4.90 Å². The predicted molar refractivity (Wildman–Crippen MR) is 71.8 cm³/mol. The van der Waals surface area contributed by atoms with Gasteiger partial charge in [0, 0.05) is 18.3 Å². The summed E-state index contributed by atoms with van der Waals surface area (Å²) in [5.41, 5.74) is 4.39. The van der Waals surface area contributed by atoms with Crippen molar-refractivity contribution < 1.29 is 22.7 Å². The summed E-state index contributed by atoms with van der Waals surface area (Å²) < 4.78 is 43.7. The van der Waals surface area contributed by atoms with Crippen molar-refractivity contribution in [2.45, 2.75) is 32.0 Å². The second kappa shape index (κ2) is 5.83. The van der Waals surface area contributed by atoms with Gasteiger partial charge in [-0.1, -0.05) is 0 Å². The molecule has 1 saturated carbocycles. The Morgan fingerprint density at radius 3 is 2.62 bits per heavy atom. The molecule has 7 heteroatoms. The van der Waals surface area contributed by atoms with Gasteiger partial charge in [-0.15, -0.1) is 0 Å². The molecule has 0 heterocycles. The van der Waals surface area contributed by atoms with Gasteiger partial charge in [-0.2, -0.15) is 13.2 Å². The Balaban J connectivity index is 2.07. The molecule has 1 fully saturated rings. The fourth-order valence-corrected chi connectivity index (χ4v) is 2.14. The van der Waals surface area contributed by atoms with Crippen LogP contribution in [0.1, 0.15) is 25.3 Å². The van der Waals surface area contributed by atoms with Gasteiger partial charge in [0.2, 0.25) is 0 Å². The molecule has 2 rings (SSSR count). The minimum absolute atomic E-state index is 0.00540. The highest BCUT2D eigenvalue weighted by Gasteiger charge is 2.35. The molecule has 0 spiro atoms. The van der Waals surface area contributed by atoms with Crippen LogP contribution in [0.4, 0.5) is 18.9 Å². The predicted octanol–water partition coefficient (Wildman–Crippen LogP) is 2.68. The number of nitrogen functional groups attached to an aromatic ring is 1. The van der Waals surface area contributed by atoms with Crippen LogP contribution < -0.4 is 10.5 Å². The SMILES string of the molecule is CCN(C(=O)COc1ccc(N)cc1C(F)(F)F)C1CC1. The lowest BCUT2D eigenvalue weighted by Crippen LogP contribution is -2.36. The summed E-state index contributed by atoms with van der Waals surface area (Å²) in [4.78, 5) is 13.6. The molecule has 1 aliphatic rings. The van der Waals surface area contributed by atoms with Gasteiger partial charge in [-0.05, 0) is 38.0 Å². The average molecular weight is 302 g/mol. The topological polar surface area (TPSA) is 55.6 Å². The number of anilines is 1. The van der Waals surface area contributed by atoms with E-state index in [2.05, 4.69) is 0 Å². The van der Waals surface area contributed by atoms with Crippen molar-refractivity contribution >= 4 is 11.6 Å². The molecule has 0 saturated heterocycles. The van der Waals surface area contributed by atoms with Crippen LogP contribution in [0.5, 0.6) is 5.75 Å². The van der Waals surface area contributed by atoms with E-state index in [1.54, 1.807) is 4.90 Å². The number of hydrogen-bond donors (Lipinski definition) is 1. The summed E-state index contributed by atoms with van der Waals surface area (Å²) >= 11 is 0. The van der Waals surface area contributed by atoms with Crippen molar-refractivity contribution in [2.24, 2.45) is 0 Å². The van der Waals surface area contributed by atoms with E-state index in [0.29, 0.717) is 6.54 Å². The number of alkyl halides is 3. The number of ether oxygens (including phenoxy) is 1. The minimum atomic E-state index is -4.57. The molecule has 0 aliphatic heterocycles. The molecule has 2 N–H and O–H groups in total. The Labute approximate surface area is 120 Å². The number of likely N-dealkylation sites (N-methyl/N-ethyl adjacent to an activating group) is 1. The second-order valence-electron chi connectivity index (χ2n) is 4.95. The third-order valence-electron chi connectivity index (χ3n) is 3.31. The zero-order chi connectivity index (χ0) is 15.6. The molecule has 0 unspecified atom stereocenters. The zero-order valence-electron chi connectivity index (χ0n) is 11.6. The number of halogens is 3. The molecular formula is C14H17F3N2O2. The van der Waals surface area contributed by atoms with Gasteiger partial charge in [0.15, 0.2) is 6.61 Å². The van der Waals surface area contributed by atoms with Gasteiger partial charge >= 0.3 is 6.18 Å². The van der Waals surface area contributed by atoms with Gasteiger partial charge in [0.05, 0.1) is 5.56 Å². The highest BCUT2D eigenvalue weighted by molar-refractivity contribution is 5.78. The van der Waals surface area contributed by atoms with Crippen LogP contribution in [0.3, 0.4) is 0 Å². The van der Waals surface area contributed by atoms with Gasteiger partial charge in [0.1, 0.15) is 5.75 Å². The summed E-state index contributed by atoms with van der Waals surface area (Å²) in [6, 6.07) is 3.46. The monoisotopic (exact) mass is 302 g/mol. The van der Waals surface area contributed by atoms with E-state index < -0.39 is 18.3 Å². The van der Waals surface area contributed by atoms with Crippen LogP contribution in [0, 0.1) is 0 Å². The van der Waals surface area contributed by atoms with Crippen LogP contribution in [-0.2, 0) is 11.0 Å². The van der Waals surface area contributed by atoms with Crippen molar-refractivity contribution in [2.75, 3.05) is 18.9 Å². The lowest BCUT2D eigenvalue weighted by Gasteiger charge is -2.21. The van der Waals surface area contributed by atoms with E-state index in [4.69, 9.17) is 10.5 Å². The molecule has 1 aromatic carbocycles. The van der Waals surface area contributed by atoms with Crippen molar-refractivity contribution in [1.29, 1.82) is 0 Å². The first-order valence-electron chi connectivity index (χ1n) is 6.72. The summed E-state index contributed by atoms with van der Waals surface area (Å²) in [6.07, 6.45) is -2.70. The summed E-state index contributed by atoms with van der Waals surface area (Å²) in [6.45, 7) is 1.96. The van der Waals surface area contributed by atoms with Crippen molar-refractivity contribution in [3.63, 3.8) is 0 Å². The minimum Gasteiger partial charge on any atom is -0.483 e. The Bertz CT molecular complexity index is 527. The number of nitrogens with zero attached hydrogens (tertiary/aromatic N) is 1. The Hall–Kier alpha value is -1.92. The van der Waals surface area contributed by atoms with Crippen LogP contribution in [0.25, 0.3) is 0 Å². The summed E-state index contributed by atoms with van der Waals surface area (Å²) in [5.74, 6) is -0.679. The van der Waals surface area contributed by atoms with E-state index in [0.717, 1.165) is 25.0 Å². The maximum absolute atomic E-state index is 12.9. The van der Waals surface area contributed by atoms with E-state index in [9.17, 15) is 18.0 Å². The number of hydrogen-bond acceptors (Lipinski definition) is 3. The number of amides is 1. The second-order valence-corrected chi connectivity index (χ2v) is 4.95. The van der Waals surface area contributed by atoms with E-state index >= 15 is 0 Å². The van der Waals surface area contributed by atoms with Crippen molar-refractivity contribution in [3.05, 3.63) is 23.8 Å². The molecule has 0 atom stereocenters. The highest BCUT2D eigenvalue weighted by Crippen LogP contribution is 2.37. The first kappa shape index (κ1) is 15.5. The van der Waals surface area contributed by atoms with Crippen LogP contribution >= 0.6 is 0 Å². The molecule has 0 aromatic heterocycles. The standard InChI is InChI=1S/C14H17F3N2O2/c1-2-19(10-4-5-10)13(20)8-21-12-6-3-9(18)7-11(12)14(15,16)17/h3,6-7,10H,2,4-5,8,18H2,1H3. The lowest BCUT2D eigenvalue weighted by atomic mass is 10.1. The normalized spacial score (nSPS) is 14.9. The molecule has 21 heavy (non-hydrogen) atoms. The van der Waals surface area contributed by atoms with E-state index in [1.165, 1.54) is 6.07 Å². The lowest BCUT2D eigenvalue weighted by molar-refractivity contribution is -0.141. The first-order chi connectivity index (χ1) is 9.82. The van der Waals surface area contributed by atoms with Gasteiger partial charge in [0.25, 0.3) is 5.91 Å². The first-order valence-corrected chi connectivity index (χ1v) is 6.72. The van der Waals surface area contributed by atoms with Crippen LogP contribution in [0.2, 0.25) is 0 Å². The van der Waals surface area contributed by atoms with E-state index in [1.807, 2.05) is 6.92 Å². The van der Waals surface area contributed by atoms with Gasteiger partial charge in [-0.3, -0.25) is 4.79 Å². The Morgan fingerprint density at radius 2 is 2.10 bits per heavy atom. The number of carbonyl (C=O) groups excluding carboxylic acids is 1. The third kappa shape index (κ3) is 3.80. The summed E-state index contributed by atoms with van der Waals surface area (Å²) in [5, 5.41) is 0. The summed E-state index contributed by atoms with van der Waals surface area (Å²) in [7, 11) is 0. The quantitative estimate of drug-likeness (QED) is 0.851. The highest BCUT2D eigenvalue weighted by atomic mass is 19.4. The third-order valence-corrected chi connectivity index (χ3v) is 3.31. The smallest absolute Gasteiger partial charge is 0.420 e. The largest absolute Gasteiger partial charge is 0.483 e. The van der Waals surface area contributed by atoms with Gasteiger partial charge < -0.3 is 15.4 Å². The van der Waals surface area contributed by atoms with Gasteiger partial charge in [-0.25, -0.2) is 0 Å². The zero-order valence-corrected chi connectivity index (χ0v) is 11.6. The maximum Gasteiger partial charge on any atom is 0.420 e.